The molecule has 1 atom stereocenters. The van der Waals surface area contributed by atoms with Gasteiger partial charge in [0.15, 0.2) is 6.04 Å². The largest absolute Gasteiger partial charge is 0.280 e. The molecule has 6 nitrogen and oxygen atoms in total. The van der Waals surface area contributed by atoms with Gasteiger partial charge < -0.3 is 0 Å². The number of carbonyl (C=O) groups excluding carboxylic acids is 1. The molecule has 0 radical (unpaired) electrons. The van der Waals surface area contributed by atoms with E-state index in [1.165, 1.54) is 5.01 Å². The third kappa shape index (κ3) is 2.94. The zero-order chi connectivity index (χ0) is 17.4. The van der Waals surface area contributed by atoms with Crippen LogP contribution >= 0.6 is 11.3 Å². The number of hydrazone groups is 1. The van der Waals surface area contributed by atoms with Gasteiger partial charge >= 0.3 is 0 Å². The van der Waals surface area contributed by atoms with Crippen molar-refractivity contribution < 1.29 is 4.79 Å². The summed E-state index contributed by atoms with van der Waals surface area (Å²) < 4.78 is 1.06. The van der Waals surface area contributed by atoms with Crippen LogP contribution in [0.25, 0.3) is 10.2 Å². The fourth-order valence-electron chi connectivity index (χ4n) is 2.66. The Hall–Kier alpha value is -2.93. The average Bonchev–Trinajstić information content (AvgIpc) is 3.12. The van der Waals surface area contributed by atoms with Crippen LogP contribution in [0.3, 0.4) is 0 Å². The fourth-order valence-corrected chi connectivity index (χ4v) is 3.52. The fraction of sp³-hybridized carbons (Fsp3) is 0.167. The van der Waals surface area contributed by atoms with E-state index in [0.29, 0.717) is 11.4 Å². The third-order valence-electron chi connectivity index (χ3n) is 3.86. The Labute approximate surface area is 148 Å². The van der Waals surface area contributed by atoms with E-state index in [2.05, 4.69) is 20.3 Å². The molecule has 2 aromatic carbocycles. The summed E-state index contributed by atoms with van der Waals surface area (Å²) in [6.07, 6.45) is 0. The van der Waals surface area contributed by atoms with Crippen LogP contribution in [0.4, 0.5) is 11.4 Å². The van der Waals surface area contributed by atoms with Crippen molar-refractivity contribution in [1.29, 1.82) is 0 Å². The highest BCUT2D eigenvalue weighted by Gasteiger charge is 2.34. The number of hydrogen-bond donors (Lipinski definition) is 0. The van der Waals surface area contributed by atoms with Crippen molar-refractivity contribution in [3.63, 3.8) is 0 Å². The number of thiazole rings is 1. The van der Waals surface area contributed by atoms with E-state index in [0.717, 1.165) is 20.9 Å². The molecule has 25 heavy (non-hydrogen) atoms. The summed E-state index contributed by atoms with van der Waals surface area (Å²) in [4.78, 5) is 17.0. The summed E-state index contributed by atoms with van der Waals surface area (Å²) in [7, 11) is 0. The topological polar surface area (TPSA) is 70.3 Å². The maximum atomic E-state index is 12.6. The maximum absolute atomic E-state index is 12.6. The maximum Gasteiger partial charge on any atom is 0.280 e. The number of amides is 1. The number of nitrogens with zero attached hydrogens (tertiary/aromatic N) is 5. The number of benzene rings is 2. The predicted octanol–water partition coefficient (Wildman–Crippen LogP) is 4.48. The Balaban J connectivity index is 1.58. The molecule has 7 heteroatoms. The van der Waals surface area contributed by atoms with Crippen LogP contribution in [0.1, 0.15) is 11.9 Å². The molecule has 0 bridgehead atoms. The van der Waals surface area contributed by atoms with Gasteiger partial charge in [-0.05, 0) is 44.2 Å². The summed E-state index contributed by atoms with van der Waals surface area (Å²) in [6, 6.07) is 14.3. The summed E-state index contributed by atoms with van der Waals surface area (Å²) >= 11 is 1.61. The van der Waals surface area contributed by atoms with E-state index < -0.39 is 6.04 Å². The Morgan fingerprint density at radius 2 is 1.92 bits per heavy atom. The zero-order valence-electron chi connectivity index (χ0n) is 13.7. The monoisotopic (exact) mass is 349 g/mol. The van der Waals surface area contributed by atoms with Crippen molar-refractivity contribution in [1.82, 2.24) is 4.98 Å². The molecule has 124 valence electrons. The molecule has 1 aromatic heterocycles. The molecule has 3 aromatic rings. The first-order valence-corrected chi connectivity index (χ1v) is 8.65. The molecule has 1 aliphatic rings. The average molecular weight is 349 g/mol. The minimum Gasteiger partial charge on any atom is -0.269 e. The van der Waals surface area contributed by atoms with E-state index >= 15 is 0 Å². The highest BCUT2D eigenvalue weighted by Crippen LogP contribution is 2.27. The van der Waals surface area contributed by atoms with E-state index in [-0.39, 0.29) is 5.91 Å². The van der Waals surface area contributed by atoms with Crippen molar-refractivity contribution in [2.75, 3.05) is 5.01 Å². The zero-order valence-corrected chi connectivity index (χ0v) is 14.6. The number of hydrogen-bond acceptors (Lipinski definition) is 6. The molecule has 2 heterocycles. The Morgan fingerprint density at radius 1 is 1.12 bits per heavy atom. The first-order valence-electron chi connectivity index (χ1n) is 7.84. The number of anilines is 1. The number of fused-ring (bicyclic) bond motifs is 1. The molecular formula is C18H15N5OS. The van der Waals surface area contributed by atoms with Crippen LogP contribution in [-0.2, 0) is 4.79 Å². The molecule has 1 aliphatic heterocycles. The van der Waals surface area contributed by atoms with Crippen molar-refractivity contribution in [2.24, 2.45) is 15.3 Å². The number of aryl methyl sites for hydroxylation is 1. The van der Waals surface area contributed by atoms with Crippen LogP contribution in [0.15, 0.2) is 63.9 Å². The number of para-hydroxylation sites is 1. The summed E-state index contributed by atoms with van der Waals surface area (Å²) in [5, 5.41) is 15.2. The normalized spacial score (nSPS) is 17.7. The number of aromatic nitrogens is 1. The molecule has 4 rings (SSSR count). The van der Waals surface area contributed by atoms with Crippen LogP contribution in [0.5, 0.6) is 0 Å². The van der Waals surface area contributed by atoms with Crippen molar-refractivity contribution in [3.8, 4) is 0 Å². The lowest BCUT2D eigenvalue weighted by Crippen LogP contribution is -2.29. The summed E-state index contributed by atoms with van der Waals surface area (Å²) in [5.74, 6) is -0.192. The lowest BCUT2D eigenvalue weighted by atomic mass is 10.2. The minimum absolute atomic E-state index is 0.192. The predicted molar refractivity (Wildman–Crippen MR) is 99.7 cm³/mol. The summed E-state index contributed by atoms with van der Waals surface area (Å²) in [6.45, 7) is 3.77. The Morgan fingerprint density at radius 3 is 2.72 bits per heavy atom. The number of rotatable bonds is 3. The van der Waals surface area contributed by atoms with Crippen molar-refractivity contribution >= 4 is 44.5 Å². The highest BCUT2D eigenvalue weighted by molar-refractivity contribution is 7.18. The van der Waals surface area contributed by atoms with Crippen LogP contribution in [-0.4, -0.2) is 22.6 Å². The third-order valence-corrected chi connectivity index (χ3v) is 4.80. The second kappa shape index (κ2) is 6.18. The van der Waals surface area contributed by atoms with Gasteiger partial charge in [0.25, 0.3) is 5.91 Å². The first kappa shape index (κ1) is 15.6. The second-order valence-corrected chi connectivity index (χ2v) is 6.96. The van der Waals surface area contributed by atoms with E-state index in [1.807, 2.05) is 55.5 Å². The SMILES string of the molecule is CC1=NN(c2ccccc2)C(=O)[C@H]1N=Nc1ccc2nc(C)sc2c1. The van der Waals surface area contributed by atoms with Crippen molar-refractivity contribution in [3.05, 3.63) is 53.5 Å². The smallest absolute Gasteiger partial charge is 0.269 e. The highest BCUT2D eigenvalue weighted by atomic mass is 32.1. The molecular weight excluding hydrogens is 334 g/mol. The van der Waals surface area contributed by atoms with Crippen LogP contribution < -0.4 is 5.01 Å². The minimum atomic E-state index is -0.681. The quantitative estimate of drug-likeness (QED) is 0.654. The van der Waals surface area contributed by atoms with E-state index in [4.69, 9.17) is 0 Å². The van der Waals surface area contributed by atoms with Crippen molar-refractivity contribution in [2.45, 2.75) is 19.9 Å². The Bertz CT molecular complexity index is 1010. The molecule has 0 aliphatic carbocycles. The lowest BCUT2D eigenvalue weighted by molar-refractivity contribution is -0.117. The van der Waals surface area contributed by atoms with Gasteiger partial charge in [0.1, 0.15) is 0 Å². The van der Waals surface area contributed by atoms with Gasteiger partial charge in [-0.2, -0.15) is 20.3 Å². The van der Waals surface area contributed by atoms with E-state index in [9.17, 15) is 4.79 Å². The van der Waals surface area contributed by atoms with Gasteiger partial charge in [0.05, 0.1) is 32.3 Å². The van der Waals surface area contributed by atoms with Gasteiger partial charge in [-0.25, -0.2) is 4.98 Å². The summed E-state index contributed by atoms with van der Waals surface area (Å²) in [5.41, 5.74) is 3.01. The molecule has 0 saturated heterocycles. The molecule has 0 spiro atoms. The number of azo groups is 1. The van der Waals surface area contributed by atoms with Gasteiger partial charge in [-0.3, -0.25) is 4.79 Å². The lowest BCUT2D eigenvalue weighted by Gasteiger charge is -2.11. The molecule has 0 N–H and O–H groups in total. The van der Waals surface area contributed by atoms with Gasteiger partial charge in [-0.15, -0.1) is 11.3 Å². The standard InChI is InChI=1S/C18H15N5OS/c1-11-17(18(24)23(22-11)14-6-4-3-5-7-14)21-20-13-8-9-15-16(10-13)25-12(2)19-15/h3-10,17H,1-2H3/t17-/m0/s1. The Kier molecular flexibility index (Phi) is 3.85. The number of carbonyl (C=O) groups is 1. The molecule has 0 unspecified atom stereocenters. The van der Waals surface area contributed by atoms with Crippen LogP contribution in [0, 0.1) is 6.92 Å². The first-order chi connectivity index (χ1) is 12.1. The van der Waals surface area contributed by atoms with Gasteiger partial charge in [0.2, 0.25) is 0 Å². The molecule has 0 fully saturated rings. The van der Waals surface area contributed by atoms with E-state index in [1.54, 1.807) is 18.3 Å². The molecule has 1 amide bonds. The molecule has 0 saturated carbocycles. The second-order valence-electron chi connectivity index (χ2n) is 5.73. The van der Waals surface area contributed by atoms with Crippen LogP contribution in [0.2, 0.25) is 0 Å². The van der Waals surface area contributed by atoms with Gasteiger partial charge in [-0.1, -0.05) is 18.2 Å². The van der Waals surface area contributed by atoms with Gasteiger partial charge in [0, 0.05) is 0 Å².